The molecule has 1 aliphatic heterocycles. The maximum atomic E-state index is 11.1. The molecule has 1 aromatic rings. The molecule has 1 N–H and O–H groups in total. The lowest BCUT2D eigenvalue weighted by Crippen LogP contribution is -2.03. The molecule has 78 valence electrons. The second-order valence-electron chi connectivity index (χ2n) is 2.77. The summed E-state index contributed by atoms with van der Waals surface area (Å²) in [6.45, 7) is 0. The van der Waals surface area contributed by atoms with Gasteiger partial charge in [-0.15, -0.1) is 0 Å². The van der Waals surface area contributed by atoms with Crippen molar-refractivity contribution in [2.75, 3.05) is 4.72 Å². The van der Waals surface area contributed by atoms with Crippen molar-refractivity contribution in [3.63, 3.8) is 0 Å². The zero-order chi connectivity index (χ0) is 11.0. The van der Waals surface area contributed by atoms with E-state index in [2.05, 4.69) is 9.46 Å². The molecule has 1 unspecified atom stereocenters. The average molecular weight is 226 g/mol. The number of fused-ring (bicyclic) bond motifs is 1. The Morgan fingerprint density at radius 2 is 1.87 bits per heavy atom. The molecule has 6 nitrogen and oxygen atoms in total. The molecule has 0 aliphatic carbocycles. The van der Waals surface area contributed by atoms with Crippen LogP contribution < -0.4 is 4.72 Å². The Hall–Kier alpha value is -1.73. The van der Waals surface area contributed by atoms with Gasteiger partial charge in [-0.25, -0.2) is 9.59 Å². The molecule has 1 aromatic carbocycles. The van der Waals surface area contributed by atoms with E-state index >= 15 is 0 Å². The largest absolute Gasteiger partial charge is 0.755 e. The number of cyclic esters (lactones) is 2. The van der Waals surface area contributed by atoms with Crippen molar-refractivity contribution < 1.29 is 23.1 Å². The quantitative estimate of drug-likeness (QED) is 0.441. The highest BCUT2D eigenvalue weighted by molar-refractivity contribution is 7.80. The fraction of sp³-hybridized carbons (Fsp3) is 0. The molecule has 0 spiro atoms. The van der Waals surface area contributed by atoms with Crippen molar-refractivity contribution in [2.24, 2.45) is 0 Å². The molecule has 15 heavy (non-hydrogen) atoms. The van der Waals surface area contributed by atoms with E-state index in [9.17, 15) is 18.4 Å². The van der Waals surface area contributed by atoms with Gasteiger partial charge in [0, 0.05) is 17.0 Å². The topological polar surface area (TPSA) is 95.5 Å². The molecule has 1 heterocycles. The minimum Gasteiger partial charge on any atom is -0.755 e. The number of benzene rings is 1. The van der Waals surface area contributed by atoms with Gasteiger partial charge in [-0.05, 0) is 18.2 Å². The Morgan fingerprint density at radius 1 is 1.20 bits per heavy atom. The maximum Gasteiger partial charge on any atom is 0.346 e. The first kappa shape index (κ1) is 9.81. The van der Waals surface area contributed by atoms with Crippen LogP contribution in [0.4, 0.5) is 5.69 Å². The van der Waals surface area contributed by atoms with Crippen LogP contribution in [0, 0.1) is 0 Å². The maximum absolute atomic E-state index is 11.1. The van der Waals surface area contributed by atoms with Crippen molar-refractivity contribution in [1.29, 1.82) is 0 Å². The summed E-state index contributed by atoms with van der Waals surface area (Å²) >= 11 is -2.47. The second kappa shape index (κ2) is 3.44. The van der Waals surface area contributed by atoms with Crippen LogP contribution in [0.3, 0.4) is 0 Å². The lowest BCUT2D eigenvalue weighted by Gasteiger charge is -2.08. The minimum absolute atomic E-state index is 0.0652. The van der Waals surface area contributed by atoms with E-state index in [0.717, 1.165) is 0 Å². The van der Waals surface area contributed by atoms with Gasteiger partial charge in [-0.3, -0.25) is 4.21 Å². The highest BCUT2D eigenvalue weighted by atomic mass is 32.2. The second-order valence-corrected chi connectivity index (χ2v) is 3.45. The minimum atomic E-state index is -2.47. The van der Waals surface area contributed by atoms with Crippen LogP contribution in [0.25, 0.3) is 0 Å². The molecule has 7 heteroatoms. The van der Waals surface area contributed by atoms with Crippen LogP contribution in [-0.4, -0.2) is 20.7 Å². The zero-order valence-electron chi connectivity index (χ0n) is 7.18. The number of ether oxygens (including phenoxy) is 1. The van der Waals surface area contributed by atoms with E-state index in [1.54, 1.807) is 0 Å². The highest BCUT2D eigenvalue weighted by Gasteiger charge is 2.29. The first-order chi connectivity index (χ1) is 7.08. The molecule has 2 rings (SSSR count). The molecule has 0 fully saturated rings. The Bertz CT molecular complexity index is 484. The van der Waals surface area contributed by atoms with E-state index in [0.29, 0.717) is 0 Å². The van der Waals surface area contributed by atoms with Gasteiger partial charge in [0.2, 0.25) is 0 Å². The van der Waals surface area contributed by atoms with Gasteiger partial charge < -0.3 is 14.0 Å². The monoisotopic (exact) mass is 226 g/mol. The normalized spacial score (nSPS) is 15.8. The fourth-order valence-corrected chi connectivity index (χ4v) is 1.56. The Balaban J connectivity index is 2.42. The van der Waals surface area contributed by atoms with Crippen molar-refractivity contribution in [3.8, 4) is 0 Å². The van der Waals surface area contributed by atoms with Crippen molar-refractivity contribution in [1.82, 2.24) is 0 Å². The van der Waals surface area contributed by atoms with Gasteiger partial charge in [-0.2, -0.15) is 0 Å². The Labute approximate surface area is 86.7 Å². The Morgan fingerprint density at radius 3 is 2.53 bits per heavy atom. The number of nitrogens with one attached hydrogen (secondary N) is 1. The standard InChI is InChI=1S/C8H5NO5S/c10-7-5-2-1-4(9-15(12)13)3-6(5)8(11)14-7/h1-3,9H,(H,12,13)/p-1. The summed E-state index contributed by atoms with van der Waals surface area (Å²) in [6, 6.07) is 3.95. The number of esters is 2. The summed E-state index contributed by atoms with van der Waals surface area (Å²) in [6.07, 6.45) is 0. The molecular formula is C8H4NO5S-. The number of carbonyl (C=O) groups is 2. The number of anilines is 1. The number of rotatable bonds is 2. The van der Waals surface area contributed by atoms with Gasteiger partial charge in [0.15, 0.2) is 0 Å². The van der Waals surface area contributed by atoms with Crippen molar-refractivity contribution >= 4 is 28.9 Å². The van der Waals surface area contributed by atoms with Crippen molar-refractivity contribution in [3.05, 3.63) is 29.3 Å². The zero-order valence-corrected chi connectivity index (χ0v) is 8.00. The smallest absolute Gasteiger partial charge is 0.346 e. The summed E-state index contributed by atoms with van der Waals surface area (Å²) < 4.78 is 27.0. The summed E-state index contributed by atoms with van der Waals surface area (Å²) in [5, 5.41) is 0. The first-order valence-corrected chi connectivity index (χ1v) is 4.92. The Kier molecular flexibility index (Phi) is 2.25. The molecular weight excluding hydrogens is 222 g/mol. The third kappa shape index (κ3) is 1.74. The van der Waals surface area contributed by atoms with Crippen LogP contribution >= 0.6 is 0 Å². The van der Waals surface area contributed by atoms with E-state index in [-0.39, 0.29) is 16.8 Å². The summed E-state index contributed by atoms with van der Waals surface area (Å²) in [5.74, 6) is -1.49. The molecule has 1 aliphatic rings. The first-order valence-electron chi connectivity index (χ1n) is 3.84. The lowest BCUT2D eigenvalue weighted by atomic mass is 10.1. The van der Waals surface area contributed by atoms with Crippen LogP contribution in [0.1, 0.15) is 20.7 Å². The summed E-state index contributed by atoms with van der Waals surface area (Å²) in [7, 11) is 0. The van der Waals surface area contributed by atoms with Gasteiger partial charge >= 0.3 is 11.9 Å². The fourth-order valence-electron chi connectivity index (χ4n) is 1.24. The molecule has 0 saturated heterocycles. The van der Waals surface area contributed by atoms with Gasteiger partial charge in [0.05, 0.1) is 11.1 Å². The molecule has 0 saturated carbocycles. The van der Waals surface area contributed by atoms with Crippen LogP contribution in [0.5, 0.6) is 0 Å². The highest BCUT2D eigenvalue weighted by Crippen LogP contribution is 2.23. The molecule has 0 aromatic heterocycles. The molecule has 0 radical (unpaired) electrons. The summed E-state index contributed by atoms with van der Waals surface area (Å²) in [5.41, 5.74) is 0.409. The predicted octanol–water partition coefficient (Wildman–Crippen LogP) is 0.203. The average Bonchev–Trinajstić information content (AvgIpc) is 2.41. The van der Waals surface area contributed by atoms with E-state index in [1.807, 2.05) is 0 Å². The number of hydrogen-bond donors (Lipinski definition) is 1. The molecule has 0 amide bonds. The van der Waals surface area contributed by atoms with E-state index < -0.39 is 23.2 Å². The van der Waals surface area contributed by atoms with Gasteiger partial charge in [-0.1, -0.05) is 0 Å². The number of hydrogen-bond acceptors (Lipinski definition) is 5. The molecule has 1 atom stereocenters. The van der Waals surface area contributed by atoms with Crippen LogP contribution in [-0.2, 0) is 16.0 Å². The van der Waals surface area contributed by atoms with E-state index in [4.69, 9.17) is 0 Å². The SMILES string of the molecule is O=C1OC(=O)c2cc(NS(=O)[O-])ccc21. The van der Waals surface area contributed by atoms with Gasteiger partial charge in [0.1, 0.15) is 0 Å². The number of carbonyl (C=O) groups excluding carboxylic acids is 2. The van der Waals surface area contributed by atoms with E-state index in [1.165, 1.54) is 18.2 Å². The summed E-state index contributed by atoms with van der Waals surface area (Å²) in [4.78, 5) is 22.1. The van der Waals surface area contributed by atoms with Crippen molar-refractivity contribution in [2.45, 2.75) is 0 Å². The van der Waals surface area contributed by atoms with Gasteiger partial charge in [0.25, 0.3) is 0 Å². The van der Waals surface area contributed by atoms with Crippen LogP contribution in [0.15, 0.2) is 18.2 Å². The third-order valence-electron chi connectivity index (χ3n) is 1.85. The predicted molar refractivity (Wildman–Crippen MR) is 48.7 cm³/mol. The lowest BCUT2D eigenvalue weighted by molar-refractivity contribution is 0.0444. The third-order valence-corrected chi connectivity index (χ3v) is 2.25. The molecule has 0 bridgehead atoms. The van der Waals surface area contributed by atoms with Crippen LogP contribution in [0.2, 0.25) is 0 Å².